The van der Waals surface area contributed by atoms with Crippen molar-refractivity contribution in [3.8, 4) is 11.5 Å². The highest BCUT2D eigenvalue weighted by molar-refractivity contribution is 5.92. The van der Waals surface area contributed by atoms with E-state index in [9.17, 15) is 4.79 Å². The highest BCUT2D eigenvalue weighted by Gasteiger charge is 2.19. The van der Waals surface area contributed by atoms with E-state index < -0.39 is 0 Å². The van der Waals surface area contributed by atoms with Crippen LogP contribution in [0.2, 0.25) is 0 Å². The first-order valence-corrected chi connectivity index (χ1v) is 9.76. The molecular formula is C23H28N2O4. The maximum absolute atomic E-state index is 12.7. The number of morpholine rings is 1. The van der Waals surface area contributed by atoms with Gasteiger partial charge in [-0.25, -0.2) is 0 Å². The molecule has 1 aliphatic heterocycles. The van der Waals surface area contributed by atoms with Gasteiger partial charge < -0.3 is 19.5 Å². The van der Waals surface area contributed by atoms with Crippen LogP contribution in [0, 0.1) is 0 Å². The van der Waals surface area contributed by atoms with Gasteiger partial charge in [0.1, 0.15) is 0 Å². The van der Waals surface area contributed by atoms with Gasteiger partial charge in [-0.15, -0.1) is 0 Å². The molecule has 1 fully saturated rings. The Morgan fingerprint density at radius 3 is 2.55 bits per heavy atom. The number of carbonyl (C=O) groups excluding carboxylic acids is 1. The van der Waals surface area contributed by atoms with E-state index in [4.69, 9.17) is 14.2 Å². The fraction of sp³-hybridized carbons (Fsp3) is 0.348. The number of nitrogens with one attached hydrogen (secondary N) is 1. The van der Waals surface area contributed by atoms with E-state index in [0.29, 0.717) is 11.5 Å². The minimum Gasteiger partial charge on any atom is -0.493 e. The fourth-order valence-corrected chi connectivity index (χ4v) is 3.39. The van der Waals surface area contributed by atoms with Gasteiger partial charge in [-0.3, -0.25) is 9.69 Å². The third kappa shape index (κ3) is 5.82. The summed E-state index contributed by atoms with van der Waals surface area (Å²) in [6.07, 6.45) is 3.28. The first-order chi connectivity index (χ1) is 14.2. The number of amides is 1. The molecular weight excluding hydrogens is 368 g/mol. The zero-order valence-electron chi connectivity index (χ0n) is 17.0. The molecule has 154 valence electrons. The second-order valence-electron chi connectivity index (χ2n) is 6.80. The van der Waals surface area contributed by atoms with Crippen molar-refractivity contribution in [3.05, 3.63) is 65.7 Å². The summed E-state index contributed by atoms with van der Waals surface area (Å²) in [4.78, 5) is 15.0. The number of methoxy groups -OCH3 is 2. The normalized spacial score (nSPS) is 15.8. The van der Waals surface area contributed by atoms with E-state index in [-0.39, 0.29) is 11.9 Å². The lowest BCUT2D eigenvalue weighted by molar-refractivity contribution is -0.117. The molecule has 6 nitrogen and oxygen atoms in total. The SMILES string of the molecule is COc1cccc(/C=C/C(=O)N[C@H](CN2CCOCC2)c2ccccc2)c1OC. The highest BCUT2D eigenvalue weighted by atomic mass is 16.5. The van der Waals surface area contributed by atoms with Crippen molar-refractivity contribution in [1.82, 2.24) is 10.2 Å². The minimum atomic E-state index is -0.156. The van der Waals surface area contributed by atoms with E-state index >= 15 is 0 Å². The van der Waals surface area contributed by atoms with Gasteiger partial charge in [0.25, 0.3) is 0 Å². The summed E-state index contributed by atoms with van der Waals surface area (Å²) in [5, 5.41) is 3.14. The number of para-hydroxylation sites is 1. The average Bonchev–Trinajstić information content (AvgIpc) is 2.78. The first kappa shape index (κ1) is 20.9. The Morgan fingerprint density at radius 2 is 1.86 bits per heavy atom. The van der Waals surface area contributed by atoms with E-state index in [0.717, 1.165) is 44.0 Å². The standard InChI is InChI=1S/C23H28N2O4/c1-27-21-10-6-9-19(23(21)28-2)11-12-22(26)24-20(18-7-4-3-5-8-18)17-25-13-15-29-16-14-25/h3-12,20H,13-17H2,1-2H3,(H,24,26)/b12-11+/t20-/m1/s1. The van der Waals surface area contributed by atoms with Gasteiger partial charge in [0.2, 0.25) is 5.91 Å². The lowest BCUT2D eigenvalue weighted by Gasteiger charge is -2.31. The van der Waals surface area contributed by atoms with Gasteiger partial charge in [-0.1, -0.05) is 42.5 Å². The maximum Gasteiger partial charge on any atom is 0.244 e. The van der Waals surface area contributed by atoms with Gasteiger partial charge in [0.05, 0.1) is 33.5 Å². The number of hydrogen-bond donors (Lipinski definition) is 1. The molecule has 0 radical (unpaired) electrons. The molecule has 1 aliphatic rings. The summed E-state index contributed by atoms with van der Waals surface area (Å²) < 4.78 is 16.2. The zero-order chi connectivity index (χ0) is 20.5. The van der Waals surface area contributed by atoms with Crippen LogP contribution in [0.15, 0.2) is 54.6 Å². The third-order valence-corrected chi connectivity index (χ3v) is 4.91. The van der Waals surface area contributed by atoms with Crippen LogP contribution in [0.5, 0.6) is 11.5 Å². The predicted molar refractivity (Wildman–Crippen MR) is 113 cm³/mol. The first-order valence-electron chi connectivity index (χ1n) is 9.76. The molecule has 1 amide bonds. The maximum atomic E-state index is 12.7. The molecule has 0 aliphatic carbocycles. The lowest BCUT2D eigenvalue weighted by Crippen LogP contribution is -2.42. The van der Waals surface area contributed by atoms with E-state index in [1.165, 1.54) is 6.08 Å². The van der Waals surface area contributed by atoms with Crippen LogP contribution in [-0.2, 0) is 9.53 Å². The second kappa shape index (κ2) is 10.6. The van der Waals surface area contributed by atoms with Crippen molar-refractivity contribution in [2.24, 2.45) is 0 Å². The van der Waals surface area contributed by atoms with Crippen LogP contribution in [-0.4, -0.2) is 57.9 Å². The fourth-order valence-electron chi connectivity index (χ4n) is 3.39. The van der Waals surface area contributed by atoms with Gasteiger partial charge in [-0.2, -0.15) is 0 Å². The number of rotatable bonds is 8. The van der Waals surface area contributed by atoms with Crippen molar-refractivity contribution in [1.29, 1.82) is 0 Å². The van der Waals surface area contributed by atoms with E-state index in [2.05, 4.69) is 10.2 Å². The number of benzene rings is 2. The Labute approximate surface area is 172 Å². The number of ether oxygens (including phenoxy) is 3. The molecule has 0 bridgehead atoms. The molecule has 1 atom stereocenters. The minimum absolute atomic E-state index is 0.0985. The molecule has 2 aromatic rings. The smallest absolute Gasteiger partial charge is 0.244 e. The highest BCUT2D eigenvalue weighted by Crippen LogP contribution is 2.31. The molecule has 2 aromatic carbocycles. The van der Waals surface area contributed by atoms with Crippen molar-refractivity contribution in [2.75, 3.05) is 47.1 Å². The molecule has 1 heterocycles. The number of hydrogen-bond acceptors (Lipinski definition) is 5. The summed E-state index contributed by atoms with van der Waals surface area (Å²) in [7, 11) is 3.18. The van der Waals surface area contributed by atoms with Gasteiger partial charge in [0, 0.05) is 31.3 Å². The Morgan fingerprint density at radius 1 is 1.10 bits per heavy atom. The second-order valence-corrected chi connectivity index (χ2v) is 6.80. The summed E-state index contributed by atoms with van der Waals surface area (Å²) >= 11 is 0. The lowest BCUT2D eigenvalue weighted by atomic mass is 10.1. The Hall–Kier alpha value is -2.83. The molecule has 1 saturated heterocycles. The topological polar surface area (TPSA) is 60.0 Å². The Bertz CT molecular complexity index is 817. The van der Waals surface area contributed by atoms with Crippen LogP contribution in [0.1, 0.15) is 17.2 Å². The Kier molecular flexibility index (Phi) is 7.67. The van der Waals surface area contributed by atoms with Crippen molar-refractivity contribution < 1.29 is 19.0 Å². The summed E-state index contributed by atoms with van der Waals surface area (Å²) in [6, 6.07) is 15.5. The van der Waals surface area contributed by atoms with Crippen LogP contribution in [0.4, 0.5) is 0 Å². The average molecular weight is 396 g/mol. The molecule has 6 heteroatoms. The van der Waals surface area contributed by atoms with Crippen LogP contribution in [0.25, 0.3) is 6.08 Å². The monoisotopic (exact) mass is 396 g/mol. The van der Waals surface area contributed by atoms with Gasteiger partial charge in [0.15, 0.2) is 11.5 Å². The summed E-state index contributed by atoms with van der Waals surface area (Å²) in [5.41, 5.74) is 1.87. The van der Waals surface area contributed by atoms with Gasteiger partial charge in [-0.05, 0) is 17.7 Å². The van der Waals surface area contributed by atoms with Crippen LogP contribution >= 0.6 is 0 Å². The third-order valence-electron chi connectivity index (χ3n) is 4.91. The van der Waals surface area contributed by atoms with Crippen LogP contribution < -0.4 is 14.8 Å². The zero-order valence-corrected chi connectivity index (χ0v) is 17.0. The van der Waals surface area contributed by atoms with Crippen molar-refractivity contribution in [2.45, 2.75) is 6.04 Å². The van der Waals surface area contributed by atoms with Crippen molar-refractivity contribution in [3.63, 3.8) is 0 Å². The number of carbonyl (C=O) groups is 1. The number of nitrogens with zero attached hydrogens (tertiary/aromatic N) is 1. The molecule has 3 rings (SSSR count). The van der Waals surface area contributed by atoms with E-state index in [1.807, 2.05) is 48.5 Å². The van der Waals surface area contributed by atoms with Gasteiger partial charge >= 0.3 is 0 Å². The molecule has 0 saturated carbocycles. The quantitative estimate of drug-likeness (QED) is 0.696. The largest absolute Gasteiger partial charge is 0.493 e. The van der Waals surface area contributed by atoms with Crippen LogP contribution in [0.3, 0.4) is 0 Å². The molecule has 0 aromatic heterocycles. The predicted octanol–water partition coefficient (Wildman–Crippen LogP) is 2.91. The molecule has 1 N–H and O–H groups in total. The summed E-state index contributed by atoms with van der Waals surface area (Å²) in [5.74, 6) is 1.08. The Balaban J connectivity index is 1.72. The van der Waals surface area contributed by atoms with Crippen molar-refractivity contribution >= 4 is 12.0 Å². The molecule has 0 spiro atoms. The molecule has 0 unspecified atom stereocenters. The van der Waals surface area contributed by atoms with E-state index in [1.54, 1.807) is 20.3 Å². The summed E-state index contributed by atoms with van der Waals surface area (Å²) in [6.45, 7) is 3.94. The molecule has 29 heavy (non-hydrogen) atoms.